The molecule has 1 aromatic heterocycles. The number of hydrogen-bond acceptors (Lipinski definition) is 2. The molecule has 0 saturated heterocycles. The molecule has 3 nitrogen and oxygen atoms in total. The molecule has 6 rings (SSSR count). The molecule has 1 N–H and O–H groups in total. The van der Waals surface area contributed by atoms with Crippen molar-refractivity contribution in [2.75, 3.05) is 5.01 Å². The van der Waals surface area contributed by atoms with Crippen molar-refractivity contribution < 1.29 is 4.39 Å². The molecule has 1 unspecified atom stereocenters. The first-order valence-corrected chi connectivity index (χ1v) is 11.6. The van der Waals surface area contributed by atoms with Gasteiger partial charge in [-0.1, -0.05) is 60.1 Å². The van der Waals surface area contributed by atoms with E-state index in [1.807, 2.05) is 54.6 Å². The lowest BCUT2D eigenvalue weighted by atomic mass is 9.95. The highest BCUT2D eigenvalue weighted by atomic mass is 35.5. The second-order valence-corrected chi connectivity index (χ2v) is 8.86. The number of nitrogens with one attached hydrogen (secondary N) is 1. The van der Waals surface area contributed by atoms with E-state index in [0.717, 1.165) is 51.1 Å². The van der Waals surface area contributed by atoms with E-state index < -0.39 is 0 Å². The van der Waals surface area contributed by atoms with Crippen LogP contribution < -0.4 is 5.01 Å². The van der Waals surface area contributed by atoms with Crippen molar-refractivity contribution in [3.05, 3.63) is 125 Å². The topological polar surface area (TPSA) is 31.4 Å². The highest BCUT2D eigenvalue weighted by Gasteiger charge is 2.32. The van der Waals surface area contributed by atoms with Gasteiger partial charge in [-0.05, 0) is 65.7 Å². The summed E-state index contributed by atoms with van der Waals surface area (Å²) in [5.74, 6) is -0.252. The zero-order valence-corrected chi connectivity index (χ0v) is 19.0. The van der Waals surface area contributed by atoms with Crippen LogP contribution >= 0.6 is 11.6 Å². The number of halogens is 2. The Morgan fingerprint density at radius 1 is 0.824 bits per heavy atom. The van der Waals surface area contributed by atoms with Crippen molar-refractivity contribution in [3.8, 4) is 11.3 Å². The lowest BCUT2D eigenvalue weighted by molar-refractivity contribution is 0.628. The maximum atomic E-state index is 13.7. The molecule has 1 aliphatic rings. The molecule has 1 aliphatic heterocycles. The number of aromatic amines is 1. The van der Waals surface area contributed by atoms with Crippen molar-refractivity contribution in [2.45, 2.75) is 12.5 Å². The molecule has 166 valence electrons. The first kappa shape index (κ1) is 20.7. The molecule has 4 aromatic carbocycles. The SMILES string of the molecule is Fc1ccc(-c2[nH]c3ccccc3c2C2=NN(c3ccccc3)C(c3ccc(Cl)cc3)C2)cc1. The minimum atomic E-state index is -0.252. The maximum Gasteiger partial charge on any atom is 0.123 e. The third-order valence-corrected chi connectivity index (χ3v) is 6.57. The van der Waals surface area contributed by atoms with Crippen LogP contribution in [0.1, 0.15) is 23.6 Å². The molecule has 5 heteroatoms. The van der Waals surface area contributed by atoms with Crippen LogP contribution in [0.15, 0.2) is 108 Å². The Morgan fingerprint density at radius 3 is 2.29 bits per heavy atom. The summed E-state index contributed by atoms with van der Waals surface area (Å²) in [7, 11) is 0. The third kappa shape index (κ3) is 3.66. The zero-order chi connectivity index (χ0) is 23.1. The van der Waals surface area contributed by atoms with Gasteiger partial charge in [0.2, 0.25) is 0 Å². The van der Waals surface area contributed by atoms with Crippen LogP contribution in [0, 0.1) is 5.82 Å². The summed E-state index contributed by atoms with van der Waals surface area (Å²) in [6, 6.07) is 33.1. The number of fused-ring (bicyclic) bond motifs is 1. The number of hydrazone groups is 1. The number of rotatable bonds is 4. The molecule has 0 bridgehead atoms. The number of para-hydroxylation sites is 2. The largest absolute Gasteiger partial charge is 0.354 e. The molecule has 1 atom stereocenters. The molecule has 5 aromatic rings. The first-order chi connectivity index (χ1) is 16.7. The molecule has 0 fully saturated rings. The fourth-order valence-corrected chi connectivity index (χ4v) is 4.83. The summed E-state index contributed by atoms with van der Waals surface area (Å²) < 4.78 is 13.7. The van der Waals surface area contributed by atoms with Gasteiger partial charge in [0.05, 0.1) is 23.1 Å². The number of anilines is 1. The van der Waals surface area contributed by atoms with Crippen LogP contribution in [0.5, 0.6) is 0 Å². The summed E-state index contributed by atoms with van der Waals surface area (Å²) in [6.07, 6.45) is 0.729. The molecule has 34 heavy (non-hydrogen) atoms. The minimum absolute atomic E-state index is 0.0318. The van der Waals surface area contributed by atoms with Gasteiger partial charge < -0.3 is 4.98 Å². The number of hydrogen-bond donors (Lipinski definition) is 1. The van der Waals surface area contributed by atoms with E-state index in [1.54, 1.807) is 0 Å². The van der Waals surface area contributed by atoms with E-state index in [2.05, 4.69) is 46.4 Å². The number of aromatic nitrogens is 1. The van der Waals surface area contributed by atoms with Crippen LogP contribution in [0.2, 0.25) is 5.02 Å². The number of nitrogens with zero attached hydrogens (tertiary/aromatic N) is 2. The quantitative estimate of drug-likeness (QED) is 0.286. The van der Waals surface area contributed by atoms with Crippen molar-refractivity contribution in [3.63, 3.8) is 0 Å². The lowest BCUT2D eigenvalue weighted by Gasteiger charge is -2.24. The van der Waals surface area contributed by atoms with Gasteiger partial charge in [-0.2, -0.15) is 5.10 Å². The van der Waals surface area contributed by atoms with Crippen molar-refractivity contribution in [1.29, 1.82) is 0 Å². The Labute approximate surface area is 202 Å². The number of H-pyrrole nitrogens is 1. The summed E-state index contributed by atoms with van der Waals surface area (Å²) in [5, 5.41) is 9.06. The normalized spacial score (nSPS) is 15.6. The van der Waals surface area contributed by atoms with Gasteiger partial charge in [0, 0.05) is 27.9 Å². The van der Waals surface area contributed by atoms with Gasteiger partial charge in [0.15, 0.2) is 0 Å². The van der Waals surface area contributed by atoms with Gasteiger partial charge in [0.25, 0.3) is 0 Å². The predicted molar refractivity (Wildman–Crippen MR) is 138 cm³/mol. The summed E-state index contributed by atoms with van der Waals surface area (Å²) >= 11 is 6.17. The van der Waals surface area contributed by atoms with Gasteiger partial charge >= 0.3 is 0 Å². The Hall–Kier alpha value is -3.89. The van der Waals surface area contributed by atoms with E-state index >= 15 is 0 Å². The molecule has 0 saturated carbocycles. The highest BCUT2D eigenvalue weighted by molar-refractivity contribution is 6.30. The average molecular weight is 466 g/mol. The molecule has 2 heterocycles. The fourth-order valence-electron chi connectivity index (χ4n) is 4.70. The first-order valence-electron chi connectivity index (χ1n) is 11.2. The van der Waals surface area contributed by atoms with Crippen LogP contribution in [0.25, 0.3) is 22.2 Å². The molecule has 0 radical (unpaired) electrons. The van der Waals surface area contributed by atoms with E-state index in [4.69, 9.17) is 16.7 Å². The van der Waals surface area contributed by atoms with Gasteiger partial charge in [-0.25, -0.2) is 4.39 Å². The Balaban J connectivity index is 1.52. The molecule has 0 spiro atoms. The van der Waals surface area contributed by atoms with Crippen molar-refractivity contribution in [1.82, 2.24) is 4.98 Å². The zero-order valence-electron chi connectivity index (χ0n) is 18.2. The second-order valence-electron chi connectivity index (χ2n) is 8.43. The molecular weight excluding hydrogens is 445 g/mol. The number of benzene rings is 4. The Morgan fingerprint density at radius 2 is 1.53 bits per heavy atom. The smallest absolute Gasteiger partial charge is 0.123 e. The van der Waals surface area contributed by atoms with Crippen LogP contribution in [0.4, 0.5) is 10.1 Å². The Bertz CT molecular complexity index is 1490. The van der Waals surface area contributed by atoms with Crippen LogP contribution in [0.3, 0.4) is 0 Å². The minimum Gasteiger partial charge on any atom is -0.354 e. The molecular formula is C29H21ClFN3. The van der Waals surface area contributed by atoms with Crippen molar-refractivity contribution in [2.24, 2.45) is 5.10 Å². The van der Waals surface area contributed by atoms with Gasteiger partial charge in [-0.15, -0.1) is 0 Å². The van der Waals surface area contributed by atoms with Crippen molar-refractivity contribution >= 4 is 33.9 Å². The van der Waals surface area contributed by atoms with Crippen LogP contribution in [-0.4, -0.2) is 10.7 Å². The van der Waals surface area contributed by atoms with E-state index in [0.29, 0.717) is 5.02 Å². The Kier molecular flexibility index (Phi) is 5.16. The van der Waals surface area contributed by atoms with E-state index in [-0.39, 0.29) is 11.9 Å². The third-order valence-electron chi connectivity index (χ3n) is 6.31. The van der Waals surface area contributed by atoms with E-state index in [9.17, 15) is 4.39 Å². The van der Waals surface area contributed by atoms with Gasteiger partial charge in [-0.3, -0.25) is 5.01 Å². The second kappa shape index (κ2) is 8.47. The standard InChI is InChI=1S/C29H21ClFN3/c30-21-14-10-19(11-15-21)27-18-26(33-34(27)23-6-2-1-3-7-23)28-24-8-4-5-9-25(24)32-29(28)20-12-16-22(31)17-13-20/h1-17,27,32H,18H2. The van der Waals surface area contributed by atoms with Gasteiger partial charge in [0.1, 0.15) is 5.82 Å². The summed E-state index contributed by atoms with van der Waals surface area (Å²) in [4.78, 5) is 3.55. The predicted octanol–water partition coefficient (Wildman–Crippen LogP) is 7.98. The monoisotopic (exact) mass is 465 g/mol. The molecule has 0 amide bonds. The lowest BCUT2D eigenvalue weighted by Crippen LogP contribution is -2.18. The van der Waals surface area contributed by atoms with Crippen LogP contribution in [-0.2, 0) is 0 Å². The summed E-state index contributed by atoms with van der Waals surface area (Å²) in [5.41, 5.74) is 7.12. The average Bonchev–Trinajstić information content (AvgIpc) is 3.47. The maximum absolute atomic E-state index is 13.7. The highest BCUT2D eigenvalue weighted by Crippen LogP contribution is 2.40. The summed E-state index contributed by atoms with van der Waals surface area (Å²) in [6.45, 7) is 0. The fraction of sp³-hybridized carbons (Fsp3) is 0.0690. The molecule has 0 aliphatic carbocycles. The van der Waals surface area contributed by atoms with E-state index in [1.165, 1.54) is 12.1 Å².